The number of hydrogen-bond donors (Lipinski definition) is 1. The monoisotopic (exact) mass is 259 g/mol. The molecule has 1 aliphatic rings. The summed E-state index contributed by atoms with van der Waals surface area (Å²) in [6, 6.07) is 8.81. The summed E-state index contributed by atoms with van der Waals surface area (Å²) in [6.07, 6.45) is 6.50. The van der Waals surface area contributed by atoms with Gasteiger partial charge < -0.3 is 5.32 Å². The quantitative estimate of drug-likeness (QED) is 0.811. The third kappa shape index (κ3) is 3.20. The summed E-state index contributed by atoms with van der Waals surface area (Å²) in [5, 5.41) is 3.52. The van der Waals surface area contributed by atoms with Gasteiger partial charge in [-0.05, 0) is 25.3 Å². The molecule has 0 unspecified atom stereocenters. The Balaban J connectivity index is 2.10. The lowest BCUT2D eigenvalue weighted by atomic mass is 9.95. The number of hydrogen-bond acceptors (Lipinski definition) is 1. The van der Waals surface area contributed by atoms with Crippen LogP contribution in [0.1, 0.15) is 50.2 Å². The second-order valence-corrected chi connectivity index (χ2v) is 5.54. The van der Waals surface area contributed by atoms with E-state index in [-0.39, 0.29) is 0 Å². The predicted molar refractivity (Wildman–Crippen MR) is 82.9 cm³/mol. The summed E-state index contributed by atoms with van der Waals surface area (Å²) in [4.78, 5) is 0.875. The van der Waals surface area contributed by atoms with Gasteiger partial charge >= 0.3 is 0 Å². The van der Waals surface area contributed by atoms with Crippen LogP contribution < -0.4 is 5.32 Å². The Labute approximate surface area is 115 Å². The van der Waals surface area contributed by atoms with E-state index in [1.165, 1.54) is 32.1 Å². The van der Waals surface area contributed by atoms with Crippen LogP contribution in [0.2, 0.25) is 0 Å². The fourth-order valence-corrected chi connectivity index (χ4v) is 2.91. The van der Waals surface area contributed by atoms with Crippen LogP contribution in [0.4, 0.5) is 0 Å². The van der Waals surface area contributed by atoms with E-state index >= 15 is 0 Å². The lowest BCUT2D eigenvalue weighted by Gasteiger charge is -2.25. The summed E-state index contributed by atoms with van der Waals surface area (Å²) in [5.41, 5.74) is 3.34. The van der Waals surface area contributed by atoms with E-state index < -0.39 is 0 Å². The molecule has 0 atom stereocenters. The van der Waals surface area contributed by atoms with Gasteiger partial charge in [0.15, 0.2) is 0 Å². The van der Waals surface area contributed by atoms with Gasteiger partial charge in [-0.15, -0.1) is 0 Å². The standard InChI is InChI=1S/C16H21NS/c1-12(2)14-10-6-7-11-15(14)16(18)17-13-8-4-3-5-9-13/h6-7,10-11,13H,1,3-5,8-9H2,2H3,(H,17,18). The second kappa shape index (κ2) is 6.14. The molecule has 1 N–H and O–H groups in total. The number of nitrogens with one attached hydrogen (secondary N) is 1. The molecule has 0 aliphatic heterocycles. The molecule has 1 nitrogen and oxygen atoms in total. The fourth-order valence-electron chi connectivity index (χ4n) is 2.56. The Morgan fingerprint density at radius 2 is 1.78 bits per heavy atom. The Hall–Kier alpha value is -1.15. The van der Waals surface area contributed by atoms with Crippen LogP contribution in [0.15, 0.2) is 30.8 Å². The number of thiocarbonyl (C=S) groups is 1. The van der Waals surface area contributed by atoms with Gasteiger partial charge in [-0.25, -0.2) is 0 Å². The van der Waals surface area contributed by atoms with E-state index in [0.717, 1.165) is 21.7 Å². The first-order valence-electron chi connectivity index (χ1n) is 6.74. The van der Waals surface area contributed by atoms with Crippen molar-refractivity contribution >= 4 is 22.8 Å². The summed E-state index contributed by atoms with van der Waals surface area (Å²) in [6.45, 7) is 6.06. The summed E-state index contributed by atoms with van der Waals surface area (Å²) in [5.74, 6) is 0. The van der Waals surface area contributed by atoms with Crippen molar-refractivity contribution in [2.45, 2.75) is 45.1 Å². The van der Waals surface area contributed by atoms with Crippen LogP contribution >= 0.6 is 12.2 Å². The van der Waals surface area contributed by atoms with E-state index in [4.69, 9.17) is 12.2 Å². The fraction of sp³-hybridized carbons (Fsp3) is 0.438. The second-order valence-electron chi connectivity index (χ2n) is 5.13. The molecular formula is C16H21NS. The Bertz CT molecular complexity index is 444. The van der Waals surface area contributed by atoms with Crippen LogP contribution in [-0.2, 0) is 0 Å². The molecule has 0 heterocycles. The normalized spacial score (nSPS) is 16.3. The first kappa shape index (κ1) is 13.3. The van der Waals surface area contributed by atoms with Crippen molar-refractivity contribution in [2.24, 2.45) is 0 Å². The van der Waals surface area contributed by atoms with Crippen molar-refractivity contribution in [3.8, 4) is 0 Å². The lowest BCUT2D eigenvalue weighted by molar-refractivity contribution is 0.415. The number of benzene rings is 1. The minimum atomic E-state index is 0.560. The van der Waals surface area contributed by atoms with E-state index in [0.29, 0.717) is 6.04 Å². The molecule has 1 aliphatic carbocycles. The molecular weight excluding hydrogens is 238 g/mol. The van der Waals surface area contributed by atoms with Crippen LogP contribution in [-0.4, -0.2) is 11.0 Å². The van der Waals surface area contributed by atoms with E-state index in [1.54, 1.807) is 0 Å². The maximum Gasteiger partial charge on any atom is 0.107 e. The van der Waals surface area contributed by atoms with Gasteiger partial charge in [0.1, 0.15) is 4.99 Å². The summed E-state index contributed by atoms with van der Waals surface area (Å²) < 4.78 is 0. The van der Waals surface area contributed by atoms with Crippen LogP contribution in [0.5, 0.6) is 0 Å². The third-order valence-electron chi connectivity index (χ3n) is 3.57. The average Bonchev–Trinajstić information content (AvgIpc) is 2.40. The average molecular weight is 259 g/mol. The summed E-state index contributed by atoms with van der Waals surface area (Å²) in [7, 11) is 0. The molecule has 0 aromatic heterocycles. The van der Waals surface area contributed by atoms with Crippen LogP contribution in [0, 0.1) is 0 Å². The molecule has 0 radical (unpaired) electrons. The molecule has 96 valence electrons. The smallest absolute Gasteiger partial charge is 0.107 e. The van der Waals surface area contributed by atoms with E-state index in [1.807, 2.05) is 19.1 Å². The van der Waals surface area contributed by atoms with Crippen molar-refractivity contribution < 1.29 is 0 Å². The summed E-state index contributed by atoms with van der Waals surface area (Å²) >= 11 is 5.56. The van der Waals surface area contributed by atoms with E-state index in [2.05, 4.69) is 24.0 Å². The third-order valence-corrected chi connectivity index (χ3v) is 3.91. The SMILES string of the molecule is C=C(C)c1ccccc1C(=S)NC1CCCCC1. The highest BCUT2D eigenvalue weighted by molar-refractivity contribution is 7.80. The topological polar surface area (TPSA) is 12.0 Å². The molecule has 18 heavy (non-hydrogen) atoms. The first-order valence-corrected chi connectivity index (χ1v) is 7.15. The van der Waals surface area contributed by atoms with Crippen LogP contribution in [0.3, 0.4) is 0 Å². The highest BCUT2D eigenvalue weighted by Crippen LogP contribution is 2.21. The maximum absolute atomic E-state index is 5.56. The van der Waals surface area contributed by atoms with Crippen molar-refractivity contribution in [1.82, 2.24) is 5.32 Å². The molecule has 1 fully saturated rings. The molecule has 0 saturated heterocycles. The van der Waals surface area contributed by atoms with Gasteiger partial charge in [0.2, 0.25) is 0 Å². The highest BCUT2D eigenvalue weighted by atomic mass is 32.1. The van der Waals surface area contributed by atoms with Crippen molar-refractivity contribution in [3.05, 3.63) is 42.0 Å². The molecule has 0 amide bonds. The molecule has 1 saturated carbocycles. The zero-order valence-corrected chi connectivity index (χ0v) is 11.9. The largest absolute Gasteiger partial charge is 0.373 e. The minimum Gasteiger partial charge on any atom is -0.373 e. The Kier molecular flexibility index (Phi) is 4.54. The molecule has 0 spiro atoms. The van der Waals surface area contributed by atoms with Gasteiger partial charge in [-0.2, -0.15) is 0 Å². The molecule has 2 heteroatoms. The molecule has 0 bridgehead atoms. The highest BCUT2D eigenvalue weighted by Gasteiger charge is 2.16. The van der Waals surface area contributed by atoms with Gasteiger partial charge in [-0.1, -0.05) is 67.9 Å². The zero-order chi connectivity index (χ0) is 13.0. The number of allylic oxidation sites excluding steroid dienone is 1. The zero-order valence-electron chi connectivity index (χ0n) is 11.0. The van der Waals surface area contributed by atoms with Crippen molar-refractivity contribution in [2.75, 3.05) is 0 Å². The van der Waals surface area contributed by atoms with Gasteiger partial charge in [0.05, 0.1) is 0 Å². The van der Waals surface area contributed by atoms with Crippen molar-refractivity contribution in [3.63, 3.8) is 0 Å². The van der Waals surface area contributed by atoms with Crippen LogP contribution in [0.25, 0.3) is 5.57 Å². The molecule has 2 rings (SSSR count). The molecule has 1 aromatic carbocycles. The predicted octanol–water partition coefficient (Wildman–Crippen LogP) is 4.32. The van der Waals surface area contributed by atoms with Crippen molar-refractivity contribution in [1.29, 1.82) is 0 Å². The lowest BCUT2D eigenvalue weighted by Crippen LogP contribution is -2.35. The Morgan fingerprint density at radius 1 is 1.17 bits per heavy atom. The molecule has 1 aromatic rings. The van der Waals surface area contributed by atoms with E-state index in [9.17, 15) is 0 Å². The maximum atomic E-state index is 5.56. The Morgan fingerprint density at radius 3 is 2.39 bits per heavy atom. The van der Waals surface area contributed by atoms with Gasteiger partial charge in [-0.3, -0.25) is 0 Å². The van der Waals surface area contributed by atoms with Gasteiger partial charge in [0.25, 0.3) is 0 Å². The first-order chi connectivity index (χ1) is 8.68. The minimum absolute atomic E-state index is 0.560. The number of rotatable bonds is 3. The van der Waals surface area contributed by atoms with Gasteiger partial charge in [0, 0.05) is 11.6 Å².